The molecular weight excluding hydrogens is 755 g/mol. The summed E-state index contributed by atoms with van der Waals surface area (Å²) < 4.78 is 4.62. The third-order valence-electron chi connectivity index (χ3n) is 12.0. The summed E-state index contributed by atoms with van der Waals surface area (Å²) in [5.74, 6) is 1.78. The lowest BCUT2D eigenvalue weighted by Gasteiger charge is -2.16. The topological polar surface area (TPSA) is 48.5 Å². The molecule has 0 spiro atoms. The minimum Gasteiger partial charge on any atom is -0.309 e. The fourth-order valence-electron chi connectivity index (χ4n) is 9.14. The lowest BCUT2D eigenvalue weighted by Crippen LogP contribution is -2.07. The van der Waals surface area contributed by atoms with Gasteiger partial charge in [-0.2, -0.15) is 9.97 Å². The van der Waals surface area contributed by atoms with Gasteiger partial charge in [-0.3, -0.25) is 4.57 Å². The number of hydrogen-bond acceptors (Lipinski definition) is 3. The summed E-state index contributed by atoms with van der Waals surface area (Å²) in [5, 5.41) is 4.75. The first-order valence-electron chi connectivity index (χ1n) is 21.0. The van der Waals surface area contributed by atoms with Crippen molar-refractivity contribution in [2.75, 3.05) is 0 Å². The molecule has 3 aromatic heterocycles. The van der Waals surface area contributed by atoms with E-state index in [-0.39, 0.29) is 0 Å². The van der Waals surface area contributed by atoms with Crippen LogP contribution in [0.3, 0.4) is 0 Å². The van der Waals surface area contributed by atoms with E-state index in [9.17, 15) is 0 Å². The minimum absolute atomic E-state index is 0.566. The van der Waals surface area contributed by atoms with Crippen LogP contribution in [0.25, 0.3) is 111 Å². The Morgan fingerprint density at radius 1 is 0.274 bits per heavy atom. The van der Waals surface area contributed by atoms with E-state index in [2.05, 4.69) is 215 Å². The molecule has 0 atom stereocenters. The number of para-hydroxylation sites is 4. The van der Waals surface area contributed by atoms with Crippen molar-refractivity contribution in [2.24, 2.45) is 0 Å². The summed E-state index contributed by atoms with van der Waals surface area (Å²) in [6, 6.07) is 79.3. The number of rotatable bonds is 7. The highest BCUT2D eigenvalue weighted by Crippen LogP contribution is 2.40. The molecule has 0 aliphatic rings. The third kappa shape index (κ3) is 5.90. The van der Waals surface area contributed by atoms with Gasteiger partial charge in [-0.05, 0) is 52.6 Å². The molecule has 5 nitrogen and oxygen atoms in total. The molecule has 0 radical (unpaired) electrons. The van der Waals surface area contributed by atoms with Gasteiger partial charge in [-0.15, -0.1) is 0 Å². The van der Waals surface area contributed by atoms with Gasteiger partial charge in [-0.1, -0.05) is 194 Å². The monoisotopic (exact) mass is 791 g/mol. The van der Waals surface area contributed by atoms with E-state index in [1.165, 1.54) is 27.4 Å². The smallest absolute Gasteiger partial charge is 0.238 e. The summed E-state index contributed by atoms with van der Waals surface area (Å²) in [6.45, 7) is 0. The molecule has 0 fully saturated rings. The number of aromatic nitrogens is 5. The van der Waals surface area contributed by atoms with Crippen molar-refractivity contribution in [3.63, 3.8) is 0 Å². The van der Waals surface area contributed by atoms with Crippen molar-refractivity contribution in [3.05, 3.63) is 224 Å². The van der Waals surface area contributed by atoms with Crippen LogP contribution in [0, 0.1) is 0 Å². The van der Waals surface area contributed by atoms with E-state index in [0.29, 0.717) is 17.6 Å². The van der Waals surface area contributed by atoms with Crippen LogP contribution < -0.4 is 0 Å². The first kappa shape index (κ1) is 35.5. The Balaban J connectivity index is 1.06. The second kappa shape index (κ2) is 14.7. The van der Waals surface area contributed by atoms with Gasteiger partial charge in [0.2, 0.25) is 5.95 Å². The molecule has 0 unspecified atom stereocenters. The van der Waals surface area contributed by atoms with Crippen LogP contribution in [-0.4, -0.2) is 24.1 Å². The molecule has 0 bridgehead atoms. The SMILES string of the molecule is c1ccc(-c2ccc(-n3c4ccccc4c4ccccc43)c(-c3ccc(-c4nc(-c5ccccc5)nc(-n5c6ccccc6c6cccc(-c7ccccc7)c65)n4)cc3)c2)cc1. The maximum absolute atomic E-state index is 5.33. The van der Waals surface area contributed by atoms with Crippen molar-refractivity contribution in [1.29, 1.82) is 0 Å². The second-order valence-electron chi connectivity index (χ2n) is 15.6. The molecule has 5 heteroatoms. The van der Waals surface area contributed by atoms with Crippen molar-refractivity contribution in [2.45, 2.75) is 0 Å². The fourth-order valence-corrected chi connectivity index (χ4v) is 9.14. The molecule has 0 aliphatic heterocycles. The predicted molar refractivity (Wildman–Crippen MR) is 256 cm³/mol. The summed E-state index contributed by atoms with van der Waals surface area (Å²) in [6.07, 6.45) is 0. The zero-order chi connectivity index (χ0) is 41.0. The molecule has 290 valence electrons. The standard InChI is InChI=1S/C57H37N5/c1-4-17-38(18-5-1)43-35-36-53(61-50-28-13-10-23-45(50)46-24-11-14-29-51(46)61)49(37-43)40-31-33-42(34-32-40)56-58-55(41-21-8-3-9-22-41)59-57(60-56)62-52-30-15-12-25-47(52)48-27-16-26-44(54(48)62)39-19-6-2-7-20-39/h1-37H. The van der Waals surface area contributed by atoms with E-state index in [4.69, 9.17) is 15.0 Å². The normalized spacial score (nSPS) is 11.5. The van der Waals surface area contributed by atoms with Gasteiger partial charge in [0.25, 0.3) is 0 Å². The Labute approximate surface area is 358 Å². The molecule has 0 saturated heterocycles. The molecule has 0 amide bonds. The number of fused-ring (bicyclic) bond motifs is 6. The maximum atomic E-state index is 5.33. The first-order valence-corrected chi connectivity index (χ1v) is 21.0. The van der Waals surface area contributed by atoms with E-state index < -0.39 is 0 Å². The van der Waals surface area contributed by atoms with Crippen LogP contribution in [0.5, 0.6) is 0 Å². The molecule has 62 heavy (non-hydrogen) atoms. The van der Waals surface area contributed by atoms with Crippen molar-refractivity contribution >= 4 is 43.6 Å². The Kier molecular flexibility index (Phi) is 8.42. The fraction of sp³-hybridized carbons (Fsp3) is 0. The first-order chi connectivity index (χ1) is 30.8. The van der Waals surface area contributed by atoms with Gasteiger partial charge in [0.05, 0.1) is 27.8 Å². The second-order valence-corrected chi connectivity index (χ2v) is 15.6. The van der Waals surface area contributed by atoms with Gasteiger partial charge in [0, 0.05) is 43.8 Å². The highest BCUT2D eigenvalue weighted by molar-refractivity contribution is 6.14. The number of nitrogens with zero attached hydrogens (tertiary/aromatic N) is 5. The van der Waals surface area contributed by atoms with Crippen LogP contribution in [-0.2, 0) is 0 Å². The average Bonchev–Trinajstić information content (AvgIpc) is 3.88. The van der Waals surface area contributed by atoms with E-state index in [1.807, 2.05) is 18.2 Å². The van der Waals surface area contributed by atoms with Crippen LogP contribution in [0.4, 0.5) is 0 Å². The van der Waals surface area contributed by atoms with Crippen molar-refractivity contribution in [3.8, 4) is 67.8 Å². The summed E-state index contributed by atoms with van der Waals surface area (Å²) in [7, 11) is 0. The highest BCUT2D eigenvalue weighted by atomic mass is 15.2. The lowest BCUT2D eigenvalue weighted by atomic mass is 9.96. The maximum Gasteiger partial charge on any atom is 0.238 e. The summed E-state index contributed by atoms with van der Waals surface area (Å²) in [5.41, 5.74) is 14.2. The Bertz CT molecular complexity index is 3550. The summed E-state index contributed by atoms with van der Waals surface area (Å²) in [4.78, 5) is 15.7. The molecule has 9 aromatic carbocycles. The number of benzene rings is 9. The number of hydrogen-bond donors (Lipinski definition) is 0. The zero-order valence-electron chi connectivity index (χ0n) is 33.6. The molecule has 0 N–H and O–H groups in total. The van der Waals surface area contributed by atoms with E-state index in [0.717, 1.165) is 66.4 Å². The predicted octanol–water partition coefficient (Wildman–Crippen LogP) is 14.4. The molecular formula is C57H37N5. The molecule has 0 aliphatic carbocycles. The molecule has 3 heterocycles. The van der Waals surface area contributed by atoms with Gasteiger partial charge < -0.3 is 4.57 Å². The van der Waals surface area contributed by atoms with Gasteiger partial charge in [-0.25, -0.2) is 4.98 Å². The third-order valence-corrected chi connectivity index (χ3v) is 12.0. The van der Waals surface area contributed by atoms with Gasteiger partial charge >= 0.3 is 0 Å². The van der Waals surface area contributed by atoms with Crippen LogP contribution in [0.1, 0.15) is 0 Å². The Hall–Kier alpha value is -8.41. The Morgan fingerprint density at radius 2 is 0.710 bits per heavy atom. The largest absolute Gasteiger partial charge is 0.309 e. The van der Waals surface area contributed by atoms with Gasteiger partial charge in [0.15, 0.2) is 11.6 Å². The summed E-state index contributed by atoms with van der Waals surface area (Å²) >= 11 is 0. The quantitative estimate of drug-likeness (QED) is 0.162. The van der Waals surface area contributed by atoms with E-state index in [1.54, 1.807) is 0 Å². The molecule has 0 saturated carbocycles. The van der Waals surface area contributed by atoms with E-state index >= 15 is 0 Å². The Morgan fingerprint density at radius 3 is 1.32 bits per heavy atom. The van der Waals surface area contributed by atoms with Crippen LogP contribution in [0.2, 0.25) is 0 Å². The average molecular weight is 792 g/mol. The highest BCUT2D eigenvalue weighted by Gasteiger charge is 2.21. The lowest BCUT2D eigenvalue weighted by molar-refractivity contribution is 0.954. The van der Waals surface area contributed by atoms with Crippen LogP contribution >= 0.6 is 0 Å². The molecule has 12 aromatic rings. The van der Waals surface area contributed by atoms with Crippen molar-refractivity contribution in [1.82, 2.24) is 24.1 Å². The van der Waals surface area contributed by atoms with Crippen molar-refractivity contribution < 1.29 is 0 Å². The van der Waals surface area contributed by atoms with Crippen LogP contribution in [0.15, 0.2) is 224 Å². The van der Waals surface area contributed by atoms with Gasteiger partial charge in [0.1, 0.15) is 0 Å². The minimum atomic E-state index is 0.566. The zero-order valence-corrected chi connectivity index (χ0v) is 33.6. The molecule has 12 rings (SSSR count).